The minimum atomic E-state index is -0.667. The number of hydrogen-bond acceptors (Lipinski definition) is 5. The summed E-state index contributed by atoms with van der Waals surface area (Å²) in [7, 11) is 1.53. The predicted molar refractivity (Wildman–Crippen MR) is 98.4 cm³/mol. The zero-order chi connectivity index (χ0) is 18.5. The maximum absolute atomic E-state index is 12.8. The highest BCUT2D eigenvalue weighted by molar-refractivity contribution is 7.12. The molecule has 3 amide bonds. The van der Waals surface area contributed by atoms with Crippen molar-refractivity contribution < 1.29 is 19.1 Å². The number of ether oxygens (including phenoxy) is 1. The topological polar surface area (TPSA) is 87.7 Å². The Bertz CT molecular complexity index is 807. The molecule has 26 heavy (non-hydrogen) atoms. The van der Waals surface area contributed by atoms with Crippen LogP contribution in [0, 0.1) is 0 Å². The maximum Gasteiger partial charge on any atom is 0.265 e. The Hall–Kier alpha value is -2.71. The van der Waals surface area contributed by atoms with Crippen LogP contribution < -0.4 is 10.6 Å². The Kier molecular flexibility index (Phi) is 5.65. The highest BCUT2D eigenvalue weighted by Crippen LogP contribution is 2.17. The number of anilines is 1. The van der Waals surface area contributed by atoms with Crippen LogP contribution in [0.4, 0.5) is 5.69 Å². The zero-order valence-corrected chi connectivity index (χ0v) is 15.0. The summed E-state index contributed by atoms with van der Waals surface area (Å²) < 4.78 is 5.40. The van der Waals surface area contributed by atoms with E-state index in [9.17, 15) is 14.4 Å². The number of carbonyl (C=O) groups is 3. The average molecular weight is 373 g/mol. The Morgan fingerprint density at radius 2 is 2.08 bits per heavy atom. The van der Waals surface area contributed by atoms with Gasteiger partial charge in [-0.1, -0.05) is 12.1 Å². The van der Waals surface area contributed by atoms with Crippen LogP contribution >= 0.6 is 11.3 Å². The lowest BCUT2D eigenvalue weighted by Gasteiger charge is -2.32. The van der Waals surface area contributed by atoms with E-state index in [-0.39, 0.29) is 24.3 Å². The number of benzene rings is 1. The summed E-state index contributed by atoms with van der Waals surface area (Å²) in [5.41, 5.74) is 0.997. The maximum atomic E-state index is 12.8. The van der Waals surface area contributed by atoms with E-state index in [1.54, 1.807) is 41.3 Å². The SMILES string of the molecule is CNC(=O)C1CN(C(=O)c2cccc(NC(=O)c3cccs3)c2)CCO1. The second-order valence-corrected chi connectivity index (χ2v) is 6.68. The van der Waals surface area contributed by atoms with Gasteiger partial charge in [0.25, 0.3) is 17.7 Å². The van der Waals surface area contributed by atoms with Crippen LogP contribution in [0.2, 0.25) is 0 Å². The molecule has 1 aliphatic heterocycles. The number of thiophene rings is 1. The first-order chi connectivity index (χ1) is 12.6. The van der Waals surface area contributed by atoms with Gasteiger partial charge in [-0.15, -0.1) is 11.3 Å². The van der Waals surface area contributed by atoms with E-state index < -0.39 is 6.10 Å². The third-order valence-electron chi connectivity index (χ3n) is 4.00. The van der Waals surface area contributed by atoms with E-state index in [1.807, 2.05) is 5.38 Å². The number of nitrogens with one attached hydrogen (secondary N) is 2. The molecule has 1 unspecified atom stereocenters. The van der Waals surface area contributed by atoms with Gasteiger partial charge in [-0.25, -0.2) is 0 Å². The molecule has 8 heteroatoms. The van der Waals surface area contributed by atoms with Crippen molar-refractivity contribution in [2.75, 3.05) is 32.1 Å². The van der Waals surface area contributed by atoms with Gasteiger partial charge in [-0.3, -0.25) is 14.4 Å². The Morgan fingerprint density at radius 3 is 2.81 bits per heavy atom. The molecule has 2 aromatic rings. The molecule has 1 saturated heterocycles. The normalized spacial score (nSPS) is 16.8. The molecule has 0 radical (unpaired) electrons. The molecule has 0 aliphatic carbocycles. The van der Waals surface area contributed by atoms with Crippen molar-refractivity contribution in [1.82, 2.24) is 10.2 Å². The highest BCUT2D eigenvalue weighted by Gasteiger charge is 2.29. The Morgan fingerprint density at radius 1 is 1.23 bits per heavy atom. The zero-order valence-electron chi connectivity index (χ0n) is 14.2. The first-order valence-electron chi connectivity index (χ1n) is 8.16. The van der Waals surface area contributed by atoms with Gasteiger partial charge < -0.3 is 20.3 Å². The number of carbonyl (C=O) groups excluding carboxylic acids is 3. The number of hydrogen-bond donors (Lipinski definition) is 2. The smallest absolute Gasteiger partial charge is 0.265 e. The molecule has 1 aromatic heterocycles. The second-order valence-electron chi connectivity index (χ2n) is 5.74. The van der Waals surface area contributed by atoms with Crippen molar-refractivity contribution in [3.8, 4) is 0 Å². The third kappa shape index (κ3) is 4.09. The van der Waals surface area contributed by atoms with E-state index >= 15 is 0 Å². The summed E-state index contributed by atoms with van der Waals surface area (Å²) in [6.45, 7) is 0.918. The van der Waals surface area contributed by atoms with E-state index in [4.69, 9.17) is 4.74 Å². The molecule has 1 atom stereocenters. The van der Waals surface area contributed by atoms with Crippen LogP contribution in [0.5, 0.6) is 0 Å². The first kappa shape index (κ1) is 18.1. The van der Waals surface area contributed by atoms with E-state index in [2.05, 4.69) is 10.6 Å². The van der Waals surface area contributed by atoms with Gasteiger partial charge in [0.05, 0.1) is 18.0 Å². The van der Waals surface area contributed by atoms with Gasteiger partial charge in [0.1, 0.15) is 0 Å². The molecular weight excluding hydrogens is 354 g/mol. The summed E-state index contributed by atoms with van der Waals surface area (Å²) in [6, 6.07) is 10.3. The van der Waals surface area contributed by atoms with Crippen LogP contribution in [0.1, 0.15) is 20.0 Å². The van der Waals surface area contributed by atoms with Crippen molar-refractivity contribution >= 4 is 34.7 Å². The lowest BCUT2D eigenvalue weighted by Crippen LogP contribution is -2.51. The quantitative estimate of drug-likeness (QED) is 0.852. The molecule has 0 bridgehead atoms. The summed E-state index contributed by atoms with van der Waals surface area (Å²) in [5, 5.41) is 7.15. The molecule has 3 rings (SSSR count). The monoisotopic (exact) mass is 373 g/mol. The van der Waals surface area contributed by atoms with Gasteiger partial charge in [0.2, 0.25) is 0 Å². The van der Waals surface area contributed by atoms with Crippen molar-refractivity contribution in [1.29, 1.82) is 0 Å². The fraction of sp³-hybridized carbons (Fsp3) is 0.278. The molecule has 2 N–H and O–H groups in total. The van der Waals surface area contributed by atoms with E-state index in [0.717, 1.165) is 0 Å². The lowest BCUT2D eigenvalue weighted by molar-refractivity contribution is -0.136. The minimum absolute atomic E-state index is 0.199. The Balaban J connectivity index is 1.70. The number of nitrogens with zero attached hydrogens (tertiary/aromatic N) is 1. The molecule has 1 fully saturated rings. The van der Waals surface area contributed by atoms with E-state index in [1.165, 1.54) is 18.4 Å². The van der Waals surface area contributed by atoms with Crippen LogP contribution in [-0.2, 0) is 9.53 Å². The largest absolute Gasteiger partial charge is 0.365 e. The molecule has 1 aromatic carbocycles. The highest BCUT2D eigenvalue weighted by atomic mass is 32.1. The van der Waals surface area contributed by atoms with Gasteiger partial charge in [0.15, 0.2) is 6.10 Å². The molecule has 0 spiro atoms. The van der Waals surface area contributed by atoms with Crippen LogP contribution in [0.3, 0.4) is 0 Å². The summed E-state index contributed by atoms with van der Waals surface area (Å²) in [5.74, 6) is -0.662. The van der Waals surface area contributed by atoms with Crippen LogP contribution in [-0.4, -0.2) is 55.5 Å². The molecular formula is C18H19N3O4S. The third-order valence-corrected chi connectivity index (χ3v) is 4.87. The summed E-state index contributed by atoms with van der Waals surface area (Å²) in [4.78, 5) is 38.8. The van der Waals surface area contributed by atoms with Gasteiger partial charge in [0, 0.05) is 24.8 Å². The predicted octanol–water partition coefficient (Wildman–Crippen LogP) is 1.59. The van der Waals surface area contributed by atoms with Gasteiger partial charge >= 0.3 is 0 Å². The molecule has 1 aliphatic rings. The number of rotatable bonds is 4. The fourth-order valence-electron chi connectivity index (χ4n) is 2.67. The number of likely N-dealkylation sites (N-methyl/N-ethyl adjacent to an activating group) is 1. The van der Waals surface area contributed by atoms with Gasteiger partial charge in [-0.2, -0.15) is 0 Å². The Labute approximate surface area is 155 Å². The molecule has 2 heterocycles. The first-order valence-corrected chi connectivity index (χ1v) is 9.04. The van der Waals surface area contributed by atoms with Crippen molar-refractivity contribution in [3.63, 3.8) is 0 Å². The molecule has 7 nitrogen and oxygen atoms in total. The van der Waals surface area contributed by atoms with Crippen molar-refractivity contribution in [3.05, 3.63) is 52.2 Å². The second kappa shape index (κ2) is 8.11. The number of morpholine rings is 1. The number of amides is 3. The van der Waals surface area contributed by atoms with Crippen LogP contribution in [0.25, 0.3) is 0 Å². The van der Waals surface area contributed by atoms with E-state index in [0.29, 0.717) is 29.3 Å². The standard InChI is InChI=1S/C18H19N3O4S/c1-19-16(22)14-11-21(7-8-25-14)18(24)12-4-2-5-13(10-12)20-17(23)15-6-3-9-26-15/h2-6,9-10,14H,7-8,11H2,1H3,(H,19,22)(H,20,23). The molecule has 136 valence electrons. The fourth-order valence-corrected chi connectivity index (χ4v) is 3.29. The summed E-state index contributed by atoms with van der Waals surface area (Å²) >= 11 is 1.35. The lowest BCUT2D eigenvalue weighted by atomic mass is 10.1. The minimum Gasteiger partial charge on any atom is -0.365 e. The van der Waals surface area contributed by atoms with Crippen molar-refractivity contribution in [2.45, 2.75) is 6.10 Å². The van der Waals surface area contributed by atoms with Crippen molar-refractivity contribution in [2.24, 2.45) is 0 Å². The summed E-state index contributed by atoms with van der Waals surface area (Å²) in [6.07, 6.45) is -0.667. The van der Waals surface area contributed by atoms with Gasteiger partial charge in [-0.05, 0) is 29.6 Å². The van der Waals surface area contributed by atoms with Crippen LogP contribution in [0.15, 0.2) is 41.8 Å². The molecule has 0 saturated carbocycles. The average Bonchev–Trinajstić information content (AvgIpc) is 3.22.